The van der Waals surface area contributed by atoms with Crippen LogP contribution in [0.4, 0.5) is 0 Å². The molecule has 0 amide bonds. The van der Waals surface area contributed by atoms with E-state index in [-0.39, 0.29) is 0 Å². The molecule has 0 saturated carbocycles. The van der Waals surface area contributed by atoms with E-state index in [4.69, 9.17) is 0 Å². The fourth-order valence-electron chi connectivity index (χ4n) is 9.10. The van der Waals surface area contributed by atoms with Gasteiger partial charge >= 0.3 is 0 Å². The summed E-state index contributed by atoms with van der Waals surface area (Å²) in [4.78, 5) is 0. The molecular formula is C66H46. The number of hydrogen-bond donors (Lipinski definition) is 0. The van der Waals surface area contributed by atoms with Gasteiger partial charge in [-0.2, -0.15) is 0 Å². The third-order valence-corrected chi connectivity index (χ3v) is 12.7. The van der Waals surface area contributed by atoms with Gasteiger partial charge in [0.1, 0.15) is 0 Å². The van der Waals surface area contributed by atoms with Crippen LogP contribution >= 0.6 is 0 Å². The average molecular weight is 839 g/mol. The van der Waals surface area contributed by atoms with Crippen LogP contribution in [0.5, 0.6) is 0 Å². The summed E-state index contributed by atoms with van der Waals surface area (Å²) in [5.41, 5.74) is 23.9. The minimum Gasteiger partial charge on any atom is -0.0622 e. The van der Waals surface area contributed by atoms with Crippen molar-refractivity contribution in [2.75, 3.05) is 0 Å². The lowest BCUT2D eigenvalue weighted by atomic mass is 9.90. The second kappa shape index (κ2) is 18.3. The van der Waals surface area contributed by atoms with Crippen molar-refractivity contribution >= 4 is 0 Å². The van der Waals surface area contributed by atoms with Crippen molar-refractivity contribution in [3.63, 3.8) is 0 Å². The standard InChI is InChI=1S/C66H46/c1-4-14-47(15-5-1)50-28-30-52(31-29-50)53-34-38-55(39-35-53)58-22-12-26-62(42-58)65-44-64(61-25-11-21-57(41-61)54-36-32-51(33-37-54)48-16-6-2-7-17-48)45-66(46-65)63-27-13-24-60(43-63)59-23-10-20-56(40-59)49-18-8-3-9-19-49/h1-46H. The van der Waals surface area contributed by atoms with Crippen LogP contribution in [0.25, 0.3) is 111 Å². The van der Waals surface area contributed by atoms with Crippen LogP contribution in [0.2, 0.25) is 0 Å². The van der Waals surface area contributed by atoms with Gasteiger partial charge in [0.25, 0.3) is 0 Å². The monoisotopic (exact) mass is 838 g/mol. The molecule has 0 bridgehead atoms. The third-order valence-electron chi connectivity index (χ3n) is 12.7. The highest BCUT2D eigenvalue weighted by molar-refractivity contribution is 5.86. The maximum atomic E-state index is 2.36. The molecule has 310 valence electrons. The first-order valence-corrected chi connectivity index (χ1v) is 22.7. The molecule has 11 aromatic rings. The fraction of sp³-hybridized carbons (Fsp3) is 0. The van der Waals surface area contributed by atoms with Crippen LogP contribution in [-0.2, 0) is 0 Å². The first-order chi connectivity index (χ1) is 32.7. The molecule has 0 spiro atoms. The second-order valence-electron chi connectivity index (χ2n) is 17.0. The van der Waals surface area contributed by atoms with E-state index in [9.17, 15) is 0 Å². The molecule has 0 N–H and O–H groups in total. The molecule has 0 unspecified atom stereocenters. The Morgan fingerprint density at radius 1 is 0.0909 bits per heavy atom. The quantitative estimate of drug-likeness (QED) is 0.129. The molecule has 66 heavy (non-hydrogen) atoms. The van der Waals surface area contributed by atoms with Gasteiger partial charge in [0.15, 0.2) is 0 Å². The van der Waals surface area contributed by atoms with Gasteiger partial charge < -0.3 is 0 Å². The normalized spacial score (nSPS) is 11.0. The first-order valence-electron chi connectivity index (χ1n) is 22.7. The van der Waals surface area contributed by atoms with Crippen LogP contribution in [0, 0.1) is 0 Å². The molecule has 11 aromatic carbocycles. The van der Waals surface area contributed by atoms with E-state index in [0.717, 1.165) is 0 Å². The molecular weight excluding hydrogens is 793 g/mol. The molecule has 0 heteroatoms. The predicted molar refractivity (Wildman–Crippen MR) is 281 cm³/mol. The SMILES string of the molecule is c1ccc(-c2ccc(-c3ccc(-c4cccc(-c5cc(-c6cccc(-c7ccc(-c8ccccc8)cc7)c6)cc(-c6cccc(-c7cccc(-c8ccccc8)c7)c6)c5)c4)cc3)cc2)cc1. The summed E-state index contributed by atoms with van der Waals surface area (Å²) in [6.07, 6.45) is 0. The molecule has 0 aliphatic rings. The molecule has 0 saturated heterocycles. The lowest BCUT2D eigenvalue weighted by Gasteiger charge is -2.14. The smallest absolute Gasteiger partial charge is 0.0171 e. The lowest BCUT2D eigenvalue weighted by molar-refractivity contribution is 1.54. The Morgan fingerprint density at radius 3 is 0.470 bits per heavy atom. The Bertz CT molecular complexity index is 3400. The Morgan fingerprint density at radius 2 is 0.227 bits per heavy atom. The summed E-state index contributed by atoms with van der Waals surface area (Å²) in [6.45, 7) is 0. The minimum atomic E-state index is 1.17. The molecule has 0 aliphatic carbocycles. The lowest BCUT2D eigenvalue weighted by Crippen LogP contribution is -1.89. The number of benzene rings is 11. The number of hydrogen-bond acceptors (Lipinski definition) is 0. The van der Waals surface area contributed by atoms with Crippen LogP contribution in [0.1, 0.15) is 0 Å². The predicted octanol–water partition coefficient (Wildman–Crippen LogP) is 18.4. The maximum absolute atomic E-state index is 2.36. The van der Waals surface area contributed by atoms with E-state index < -0.39 is 0 Å². The zero-order chi connectivity index (χ0) is 44.1. The van der Waals surface area contributed by atoms with Gasteiger partial charge in [-0.25, -0.2) is 0 Å². The Labute approximate surface area is 388 Å². The molecule has 0 nitrogen and oxygen atoms in total. The Balaban J connectivity index is 0.952. The summed E-state index contributed by atoms with van der Waals surface area (Å²) in [5.74, 6) is 0. The van der Waals surface area contributed by atoms with Crippen molar-refractivity contribution in [1.82, 2.24) is 0 Å². The van der Waals surface area contributed by atoms with Crippen molar-refractivity contribution in [2.24, 2.45) is 0 Å². The summed E-state index contributed by atoms with van der Waals surface area (Å²) >= 11 is 0. The Kier molecular flexibility index (Phi) is 11.1. The highest BCUT2D eigenvalue weighted by Crippen LogP contribution is 2.38. The molecule has 0 fully saturated rings. The molecule has 0 aliphatic heterocycles. The van der Waals surface area contributed by atoms with Crippen molar-refractivity contribution in [2.45, 2.75) is 0 Å². The van der Waals surface area contributed by atoms with E-state index in [1.54, 1.807) is 0 Å². The molecule has 0 aromatic heterocycles. The van der Waals surface area contributed by atoms with Crippen molar-refractivity contribution in [3.8, 4) is 111 Å². The molecule has 0 radical (unpaired) electrons. The second-order valence-corrected chi connectivity index (χ2v) is 17.0. The largest absolute Gasteiger partial charge is 0.0622 e. The van der Waals surface area contributed by atoms with Gasteiger partial charge in [-0.05, 0) is 154 Å². The molecule has 0 atom stereocenters. The zero-order valence-electron chi connectivity index (χ0n) is 36.6. The number of rotatable bonds is 10. The van der Waals surface area contributed by atoms with Crippen LogP contribution in [-0.4, -0.2) is 0 Å². The van der Waals surface area contributed by atoms with Crippen LogP contribution < -0.4 is 0 Å². The third kappa shape index (κ3) is 8.69. The van der Waals surface area contributed by atoms with Crippen LogP contribution in [0.15, 0.2) is 279 Å². The van der Waals surface area contributed by atoms with Gasteiger partial charge in [0, 0.05) is 0 Å². The first kappa shape index (κ1) is 40.2. The van der Waals surface area contributed by atoms with Crippen molar-refractivity contribution in [1.29, 1.82) is 0 Å². The molecule has 0 heterocycles. The van der Waals surface area contributed by atoms with E-state index >= 15 is 0 Å². The van der Waals surface area contributed by atoms with E-state index in [1.165, 1.54) is 111 Å². The van der Waals surface area contributed by atoms with Gasteiger partial charge in [0.05, 0.1) is 0 Å². The van der Waals surface area contributed by atoms with E-state index in [0.29, 0.717) is 0 Å². The summed E-state index contributed by atoms with van der Waals surface area (Å²) in [6, 6.07) is 101. The van der Waals surface area contributed by atoms with Gasteiger partial charge in [-0.15, -0.1) is 0 Å². The highest BCUT2D eigenvalue weighted by atomic mass is 14.2. The summed E-state index contributed by atoms with van der Waals surface area (Å²) in [5, 5.41) is 0. The highest BCUT2D eigenvalue weighted by Gasteiger charge is 2.12. The van der Waals surface area contributed by atoms with Crippen molar-refractivity contribution < 1.29 is 0 Å². The van der Waals surface area contributed by atoms with E-state index in [1.807, 2.05) is 0 Å². The van der Waals surface area contributed by atoms with Gasteiger partial charge in [0.2, 0.25) is 0 Å². The topological polar surface area (TPSA) is 0 Å². The fourth-order valence-corrected chi connectivity index (χ4v) is 9.10. The molecule has 11 rings (SSSR count). The average Bonchev–Trinajstić information content (AvgIpc) is 3.42. The van der Waals surface area contributed by atoms with Gasteiger partial charge in [-0.3, -0.25) is 0 Å². The maximum Gasteiger partial charge on any atom is -0.0171 e. The van der Waals surface area contributed by atoms with Crippen LogP contribution in [0.3, 0.4) is 0 Å². The minimum absolute atomic E-state index is 1.17. The summed E-state index contributed by atoms with van der Waals surface area (Å²) < 4.78 is 0. The van der Waals surface area contributed by atoms with E-state index in [2.05, 4.69) is 279 Å². The summed E-state index contributed by atoms with van der Waals surface area (Å²) in [7, 11) is 0. The van der Waals surface area contributed by atoms with Crippen molar-refractivity contribution in [3.05, 3.63) is 279 Å². The Hall–Kier alpha value is -8.58. The zero-order valence-corrected chi connectivity index (χ0v) is 36.6. The van der Waals surface area contributed by atoms with Gasteiger partial charge in [-0.1, -0.05) is 237 Å².